The number of fused-ring (bicyclic) bond motifs is 1. The zero-order chi connectivity index (χ0) is 14.3. The van der Waals surface area contributed by atoms with Crippen molar-refractivity contribution in [1.82, 2.24) is 5.32 Å². The first kappa shape index (κ1) is 13.6. The predicted molar refractivity (Wildman–Crippen MR) is 85.0 cm³/mol. The van der Waals surface area contributed by atoms with Gasteiger partial charge in [0.2, 0.25) is 0 Å². The van der Waals surface area contributed by atoms with Crippen molar-refractivity contribution >= 4 is 0 Å². The summed E-state index contributed by atoms with van der Waals surface area (Å²) >= 11 is 0. The summed E-state index contributed by atoms with van der Waals surface area (Å²) in [6.45, 7) is 1.94. The summed E-state index contributed by atoms with van der Waals surface area (Å²) in [4.78, 5) is 0. The molecule has 2 nitrogen and oxygen atoms in total. The molecule has 1 aromatic rings. The van der Waals surface area contributed by atoms with E-state index in [1.165, 1.54) is 44.9 Å². The van der Waals surface area contributed by atoms with E-state index in [-0.39, 0.29) is 0 Å². The van der Waals surface area contributed by atoms with E-state index >= 15 is 0 Å². The maximum Gasteiger partial charge on any atom is 0.120 e. The lowest BCUT2D eigenvalue weighted by atomic mass is 9.58. The van der Waals surface area contributed by atoms with E-state index in [9.17, 15) is 5.11 Å². The molecule has 5 rings (SSSR count). The van der Waals surface area contributed by atoms with Crippen LogP contribution in [0.15, 0.2) is 24.3 Å². The minimum absolute atomic E-state index is 0.424. The highest BCUT2D eigenvalue weighted by Crippen LogP contribution is 2.57. The monoisotopic (exact) mass is 285 g/mol. The van der Waals surface area contributed by atoms with Crippen LogP contribution < -0.4 is 5.32 Å². The minimum atomic E-state index is 0.424. The molecule has 0 aliphatic heterocycles. The molecule has 1 aromatic carbocycles. The molecule has 4 fully saturated rings. The van der Waals surface area contributed by atoms with E-state index < -0.39 is 0 Å². The molecule has 2 atom stereocenters. The van der Waals surface area contributed by atoms with Crippen LogP contribution in [-0.4, -0.2) is 11.7 Å². The molecule has 4 aliphatic carbocycles. The van der Waals surface area contributed by atoms with Gasteiger partial charge in [0.15, 0.2) is 0 Å². The van der Waals surface area contributed by atoms with Crippen molar-refractivity contribution < 1.29 is 5.11 Å². The molecule has 21 heavy (non-hydrogen) atoms. The van der Waals surface area contributed by atoms with Gasteiger partial charge in [-0.15, -0.1) is 0 Å². The summed E-state index contributed by atoms with van der Waals surface area (Å²) in [5, 5.41) is 13.5. The average Bonchev–Trinajstić information content (AvgIpc) is 2.67. The molecule has 0 heterocycles. The van der Waals surface area contributed by atoms with Crippen molar-refractivity contribution in [3.63, 3.8) is 0 Å². The number of benzene rings is 1. The first-order chi connectivity index (χ1) is 10.2. The van der Waals surface area contributed by atoms with Crippen LogP contribution >= 0.6 is 0 Å². The molecule has 0 spiro atoms. The second-order valence-corrected chi connectivity index (χ2v) is 7.99. The number of aromatic hydroxyl groups is 1. The molecule has 0 amide bonds. The third-order valence-electron chi connectivity index (χ3n) is 6.29. The number of para-hydroxylation sites is 1. The standard InChI is InChI=1S/C19H27NO/c21-18-4-2-1-3-17(18)12-20-13-19-9-14-5-6-15(10-19)8-16(7-14)11-19/h1-4,14-16,20-21H,5-13H2/t14-,15-,16?,19?/m1/s1. The van der Waals surface area contributed by atoms with Gasteiger partial charge >= 0.3 is 0 Å². The van der Waals surface area contributed by atoms with Gasteiger partial charge in [-0.2, -0.15) is 0 Å². The largest absolute Gasteiger partial charge is 0.508 e. The molecular weight excluding hydrogens is 258 g/mol. The maximum absolute atomic E-state index is 9.88. The zero-order valence-corrected chi connectivity index (χ0v) is 12.9. The molecule has 0 saturated heterocycles. The zero-order valence-electron chi connectivity index (χ0n) is 12.9. The summed E-state index contributed by atoms with van der Waals surface area (Å²) < 4.78 is 0. The quantitative estimate of drug-likeness (QED) is 0.873. The van der Waals surface area contributed by atoms with Crippen LogP contribution in [-0.2, 0) is 6.54 Å². The Labute approximate surface area is 128 Å². The van der Waals surface area contributed by atoms with Crippen molar-refractivity contribution in [3.05, 3.63) is 29.8 Å². The van der Waals surface area contributed by atoms with E-state index in [0.717, 1.165) is 36.4 Å². The minimum Gasteiger partial charge on any atom is -0.508 e. The summed E-state index contributed by atoms with van der Waals surface area (Å²) in [6, 6.07) is 7.70. The molecule has 4 saturated carbocycles. The number of hydrogen-bond acceptors (Lipinski definition) is 2. The molecule has 4 bridgehead atoms. The normalized spacial score (nSPS) is 37.6. The fraction of sp³-hybridized carbons (Fsp3) is 0.684. The lowest BCUT2D eigenvalue weighted by Gasteiger charge is -2.48. The van der Waals surface area contributed by atoms with E-state index in [0.29, 0.717) is 11.2 Å². The number of phenolic OH excluding ortho intramolecular Hbond substituents is 1. The van der Waals surface area contributed by atoms with Crippen LogP contribution in [0.2, 0.25) is 0 Å². The Kier molecular flexibility index (Phi) is 3.45. The highest BCUT2D eigenvalue weighted by molar-refractivity contribution is 5.31. The van der Waals surface area contributed by atoms with Gasteiger partial charge < -0.3 is 10.4 Å². The SMILES string of the molecule is Oc1ccccc1CNCC12CC3C[C@@H](CC[C@H](C3)C1)C2. The van der Waals surface area contributed by atoms with E-state index in [4.69, 9.17) is 0 Å². The van der Waals surface area contributed by atoms with Gasteiger partial charge in [0.25, 0.3) is 0 Å². The fourth-order valence-corrected chi connectivity index (χ4v) is 5.71. The van der Waals surface area contributed by atoms with Crippen LogP contribution in [0.3, 0.4) is 0 Å². The van der Waals surface area contributed by atoms with Gasteiger partial charge in [-0.1, -0.05) is 31.0 Å². The van der Waals surface area contributed by atoms with Gasteiger partial charge in [0.1, 0.15) is 5.75 Å². The first-order valence-corrected chi connectivity index (χ1v) is 8.70. The molecular formula is C19H27NO. The molecule has 4 aliphatic rings. The van der Waals surface area contributed by atoms with Crippen LogP contribution in [0.4, 0.5) is 0 Å². The van der Waals surface area contributed by atoms with Crippen molar-refractivity contribution in [2.45, 2.75) is 51.5 Å². The van der Waals surface area contributed by atoms with Gasteiger partial charge in [-0.3, -0.25) is 0 Å². The predicted octanol–water partition coefficient (Wildman–Crippen LogP) is 4.09. The number of rotatable bonds is 4. The van der Waals surface area contributed by atoms with E-state index in [2.05, 4.69) is 5.32 Å². The Hall–Kier alpha value is -1.02. The Morgan fingerprint density at radius 3 is 2.38 bits per heavy atom. The highest BCUT2D eigenvalue weighted by Gasteiger charge is 2.47. The summed E-state index contributed by atoms with van der Waals surface area (Å²) in [5.41, 5.74) is 1.59. The number of hydrogen-bond donors (Lipinski definition) is 2. The van der Waals surface area contributed by atoms with Crippen molar-refractivity contribution in [1.29, 1.82) is 0 Å². The van der Waals surface area contributed by atoms with Crippen LogP contribution in [0.5, 0.6) is 5.75 Å². The number of phenols is 1. The van der Waals surface area contributed by atoms with Gasteiger partial charge in [-0.05, 0) is 61.3 Å². The summed E-state index contributed by atoms with van der Waals surface area (Å²) in [7, 11) is 0. The van der Waals surface area contributed by atoms with Gasteiger partial charge in [0, 0.05) is 18.7 Å². The molecule has 2 heteroatoms. The topological polar surface area (TPSA) is 32.3 Å². The molecule has 114 valence electrons. The summed E-state index contributed by atoms with van der Waals surface area (Å²) in [5.74, 6) is 3.44. The number of nitrogens with one attached hydrogen (secondary N) is 1. The maximum atomic E-state index is 9.88. The summed E-state index contributed by atoms with van der Waals surface area (Å²) in [6.07, 6.45) is 10.4. The van der Waals surface area contributed by atoms with Crippen LogP contribution in [0.25, 0.3) is 0 Å². The first-order valence-electron chi connectivity index (χ1n) is 8.70. The second kappa shape index (κ2) is 5.31. The van der Waals surface area contributed by atoms with Crippen molar-refractivity contribution in [2.75, 3.05) is 6.54 Å². The van der Waals surface area contributed by atoms with Gasteiger partial charge in [0.05, 0.1) is 0 Å². The van der Waals surface area contributed by atoms with Crippen LogP contribution in [0.1, 0.15) is 50.5 Å². The van der Waals surface area contributed by atoms with Crippen LogP contribution in [0, 0.1) is 23.2 Å². The molecule has 2 N–H and O–H groups in total. The van der Waals surface area contributed by atoms with E-state index in [1.807, 2.05) is 18.2 Å². The second-order valence-electron chi connectivity index (χ2n) is 7.99. The van der Waals surface area contributed by atoms with E-state index in [1.54, 1.807) is 6.07 Å². The molecule has 0 unspecified atom stereocenters. The lowest BCUT2D eigenvalue weighted by molar-refractivity contribution is 0.0346. The Morgan fingerprint density at radius 1 is 1.00 bits per heavy atom. The average molecular weight is 285 g/mol. The lowest BCUT2D eigenvalue weighted by Crippen LogP contribution is -2.44. The Balaban J connectivity index is 1.41. The molecule has 0 radical (unpaired) electrons. The molecule has 0 aromatic heterocycles. The highest BCUT2D eigenvalue weighted by atomic mass is 16.3. The Morgan fingerprint density at radius 2 is 1.67 bits per heavy atom. The Bertz CT molecular complexity index is 496. The fourth-order valence-electron chi connectivity index (χ4n) is 5.71. The third kappa shape index (κ3) is 2.70. The van der Waals surface area contributed by atoms with Gasteiger partial charge in [-0.25, -0.2) is 0 Å². The third-order valence-corrected chi connectivity index (χ3v) is 6.29. The van der Waals surface area contributed by atoms with Crippen molar-refractivity contribution in [3.8, 4) is 5.75 Å². The smallest absolute Gasteiger partial charge is 0.120 e. The van der Waals surface area contributed by atoms with Crippen molar-refractivity contribution in [2.24, 2.45) is 23.2 Å².